The number of alkyl halides is 3. The number of unbranched alkanes of at least 4 members (excludes halogenated alkanes) is 2. The van der Waals surface area contributed by atoms with Crippen molar-refractivity contribution in [2.75, 3.05) is 0 Å². The zero-order chi connectivity index (χ0) is 13.8. The third kappa shape index (κ3) is 3.19. The Labute approximate surface area is 108 Å². The van der Waals surface area contributed by atoms with E-state index in [1.807, 2.05) is 13.8 Å². The van der Waals surface area contributed by atoms with E-state index in [9.17, 15) is 13.2 Å². The van der Waals surface area contributed by atoms with Crippen LogP contribution in [-0.2, 0) is 4.74 Å². The molecule has 1 saturated heterocycles. The lowest BCUT2D eigenvalue weighted by molar-refractivity contribution is -0.285. The first kappa shape index (κ1) is 15.8. The molecule has 3 unspecified atom stereocenters. The second kappa shape index (κ2) is 6.27. The molecule has 1 aliphatic heterocycles. The summed E-state index contributed by atoms with van der Waals surface area (Å²) < 4.78 is 45.6. The van der Waals surface area contributed by atoms with Crippen molar-refractivity contribution in [2.24, 2.45) is 5.92 Å². The Kier molecular flexibility index (Phi) is 5.50. The zero-order valence-electron chi connectivity index (χ0n) is 11.6. The Balaban J connectivity index is 2.77. The predicted octanol–water partition coefficient (Wildman–Crippen LogP) is 5.09. The molecule has 0 bridgehead atoms. The summed E-state index contributed by atoms with van der Waals surface area (Å²) in [5.41, 5.74) is -1.89. The second-order valence-electron chi connectivity index (χ2n) is 5.51. The van der Waals surface area contributed by atoms with Gasteiger partial charge in [0, 0.05) is 0 Å². The molecule has 0 N–H and O–H groups in total. The fraction of sp³-hybridized carbons (Fsp3) is 1.00. The van der Waals surface area contributed by atoms with Crippen LogP contribution in [0, 0.1) is 5.92 Å². The number of hydrogen-bond donors (Lipinski definition) is 0. The van der Waals surface area contributed by atoms with E-state index >= 15 is 0 Å². The quantitative estimate of drug-likeness (QED) is 0.650. The summed E-state index contributed by atoms with van der Waals surface area (Å²) in [6.07, 6.45) is 0.241. The van der Waals surface area contributed by atoms with Crippen molar-refractivity contribution < 1.29 is 17.9 Å². The van der Waals surface area contributed by atoms with E-state index in [4.69, 9.17) is 4.74 Å². The minimum Gasteiger partial charge on any atom is -0.362 e. The van der Waals surface area contributed by atoms with Crippen molar-refractivity contribution in [1.82, 2.24) is 0 Å². The lowest BCUT2D eigenvalue weighted by Gasteiger charge is -2.35. The van der Waals surface area contributed by atoms with E-state index in [0.717, 1.165) is 25.7 Å². The van der Waals surface area contributed by atoms with Crippen LogP contribution in [0.5, 0.6) is 0 Å². The molecule has 3 atom stereocenters. The van der Waals surface area contributed by atoms with E-state index in [1.54, 1.807) is 6.92 Å². The van der Waals surface area contributed by atoms with Crippen LogP contribution in [0.4, 0.5) is 13.2 Å². The Morgan fingerprint density at radius 1 is 1.17 bits per heavy atom. The lowest BCUT2D eigenvalue weighted by Crippen LogP contribution is -2.49. The maximum absolute atomic E-state index is 13.4. The van der Waals surface area contributed by atoms with Gasteiger partial charge in [-0.05, 0) is 25.2 Å². The molecule has 0 saturated carbocycles. The molecule has 0 aromatic carbocycles. The van der Waals surface area contributed by atoms with Gasteiger partial charge in [-0.2, -0.15) is 13.2 Å². The molecule has 0 amide bonds. The molecule has 0 aromatic rings. The number of halogens is 3. The third-order valence-corrected chi connectivity index (χ3v) is 4.05. The minimum atomic E-state index is -4.25. The lowest BCUT2D eigenvalue weighted by atomic mass is 9.83. The molecule has 1 aliphatic rings. The van der Waals surface area contributed by atoms with Crippen molar-refractivity contribution in [2.45, 2.75) is 83.6 Å². The van der Waals surface area contributed by atoms with Crippen LogP contribution in [0.15, 0.2) is 0 Å². The van der Waals surface area contributed by atoms with Crippen LogP contribution in [0.1, 0.15) is 65.7 Å². The van der Waals surface area contributed by atoms with Crippen LogP contribution in [0.3, 0.4) is 0 Å². The van der Waals surface area contributed by atoms with E-state index in [1.165, 1.54) is 0 Å². The third-order valence-electron chi connectivity index (χ3n) is 4.05. The van der Waals surface area contributed by atoms with Crippen LogP contribution < -0.4 is 0 Å². The number of rotatable bonds is 6. The van der Waals surface area contributed by atoms with Gasteiger partial charge in [-0.1, -0.05) is 46.5 Å². The summed E-state index contributed by atoms with van der Waals surface area (Å²) in [6, 6.07) is 0. The number of ether oxygens (including phenoxy) is 1. The number of hydrogen-bond acceptors (Lipinski definition) is 1. The largest absolute Gasteiger partial charge is 0.417 e. The summed E-state index contributed by atoms with van der Waals surface area (Å²) in [5, 5.41) is 0. The maximum atomic E-state index is 13.4. The molecule has 108 valence electrons. The Bertz CT molecular complexity index is 252. The van der Waals surface area contributed by atoms with Gasteiger partial charge in [0.15, 0.2) is 5.60 Å². The van der Waals surface area contributed by atoms with Crippen LogP contribution >= 0.6 is 0 Å². The first-order valence-corrected chi connectivity index (χ1v) is 7.12. The van der Waals surface area contributed by atoms with Gasteiger partial charge >= 0.3 is 6.18 Å². The van der Waals surface area contributed by atoms with E-state index in [2.05, 4.69) is 0 Å². The average Bonchev–Trinajstić information content (AvgIpc) is 2.61. The highest BCUT2D eigenvalue weighted by Gasteiger charge is 2.62. The summed E-state index contributed by atoms with van der Waals surface area (Å²) in [4.78, 5) is 0. The fourth-order valence-electron chi connectivity index (χ4n) is 2.89. The molecule has 18 heavy (non-hydrogen) atoms. The molecule has 0 aromatic heterocycles. The van der Waals surface area contributed by atoms with E-state index in [-0.39, 0.29) is 12.5 Å². The highest BCUT2D eigenvalue weighted by molar-refractivity contribution is 4.99. The van der Waals surface area contributed by atoms with Gasteiger partial charge < -0.3 is 4.74 Å². The molecule has 1 fully saturated rings. The van der Waals surface area contributed by atoms with Crippen molar-refractivity contribution in [1.29, 1.82) is 0 Å². The molecule has 1 heterocycles. The molecule has 4 heteroatoms. The zero-order valence-corrected chi connectivity index (χ0v) is 11.6. The summed E-state index contributed by atoms with van der Waals surface area (Å²) in [7, 11) is 0. The van der Waals surface area contributed by atoms with Gasteiger partial charge in [-0.3, -0.25) is 0 Å². The summed E-state index contributed by atoms with van der Waals surface area (Å²) in [5.74, 6) is -0.425. The average molecular weight is 266 g/mol. The SMILES string of the molecule is CCCCC1CC(C)C(CCCC)(C(F)(F)F)O1. The van der Waals surface area contributed by atoms with Crippen molar-refractivity contribution in [3.05, 3.63) is 0 Å². The van der Waals surface area contributed by atoms with Crippen LogP contribution in [-0.4, -0.2) is 17.9 Å². The molecule has 0 spiro atoms. The smallest absolute Gasteiger partial charge is 0.362 e. The van der Waals surface area contributed by atoms with Gasteiger partial charge in [-0.25, -0.2) is 0 Å². The minimum absolute atomic E-state index is 0.108. The first-order valence-electron chi connectivity index (χ1n) is 7.12. The molecular formula is C14H25F3O. The Morgan fingerprint density at radius 2 is 1.78 bits per heavy atom. The van der Waals surface area contributed by atoms with Gasteiger partial charge in [0.05, 0.1) is 6.10 Å². The monoisotopic (exact) mass is 266 g/mol. The van der Waals surface area contributed by atoms with Gasteiger partial charge in [-0.15, -0.1) is 0 Å². The molecule has 0 radical (unpaired) electrons. The van der Waals surface area contributed by atoms with Crippen LogP contribution in [0.25, 0.3) is 0 Å². The highest BCUT2D eigenvalue weighted by Crippen LogP contribution is 2.50. The topological polar surface area (TPSA) is 9.23 Å². The predicted molar refractivity (Wildman–Crippen MR) is 66.5 cm³/mol. The van der Waals surface area contributed by atoms with E-state index in [0.29, 0.717) is 12.8 Å². The maximum Gasteiger partial charge on any atom is 0.417 e. The second-order valence-corrected chi connectivity index (χ2v) is 5.51. The molecule has 0 aliphatic carbocycles. The fourth-order valence-corrected chi connectivity index (χ4v) is 2.89. The van der Waals surface area contributed by atoms with Crippen molar-refractivity contribution >= 4 is 0 Å². The Hall–Kier alpha value is -0.250. The van der Waals surface area contributed by atoms with Gasteiger partial charge in [0.25, 0.3) is 0 Å². The molecule has 1 nitrogen and oxygen atoms in total. The summed E-state index contributed by atoms with van der Waals surface area (Å²) in [6.45, 7) is 5.65. The van der Waals surface area contributed by atoms with Crippen molar-refractivity contribution in [3.63, 3.8) is 0 Å². The highest BCUT2D eigenvalue weighted by atomic mass is 19.4. The van der Waals surface area contributed by atoms with E-state index < -0.39 is 17.7 Å². The summed E-state index contributed by atoms with van der Waals surface area (Å²) >= 11 is 0. The molecule has 1 rings (SSSR count). The first-order chi connectivity index (χ1) is 8.37. The molecular weight excluding hydrogens is 241 g/mol. The van der Waals surface area contributed by atoms with Crippen molar-refractivity contribution in [3.8, 4) is 0 Å². The normalized spacial score (nSPS) is 33.0. The van der Waals surface area contributed by atoms with Gasteiger partial charge in [0.2, 0.25) is 0 Å². The van der Waals surface area contributed by atoms with Crippen LogP contribution in [0.2, 0.25) is 0 Å². The Morgan fingerprint density at radius 3 is 2.28 bits per heavy atom. The van der Waals surface area contributed by atoms with Gasteiger partial charge in [0.1, 0.15) is 0 Å². The standard InChI is InChI=1S/C14H25F3O/c1-4-6-8-12-10-11(3)13(18-12,9-7-5-2)14(15,16)17/h11-12H,4-10H2,1-3H3.